The summed E-state index contributed by atoms with van der Waals surface area (Å²) in [7, 11) is 5.83. The van der Waals surface area contributed by atoms with Gasteiger partial charge in [-0.25, -0.2) is 0 Å². The van der Waals surface area contributed by atoms with E-state index >= 15 is 0 Å². The van der Waals surface area contributed by atoms with E-state index < -0.39 is 0 Å². The van der Waals surface area contributed by atoms with E-state index in [-0.39, 0.29) is 0 Å². The summed E-state index contributed by atoms with van der Waals surface area (Å²) in [4.78, 5) is 10.5. The van der Waals surface area contributed by atoms with Crippen LogP contribution >= 0.6 is 0 Å². The predicted molar refractivity (Wildman–Crippen MR) is 81.0 cm³/mol. The van der Waals surface area contributed by atoms with Crippen molar-refractivity contribution in [2.45, 2.75) is 19.9 Å². The molecule has 114 valence electrons. The van der Waals surface area contributed by atoms with E-state index in [2.05, 4.69) is 36.0 Å². The van der Waals surface area contributed by atoms with Gasteiger partial charge in [-0.2, -0.15) is 4.98 Å². The molecule has 0 radical (unpaired) electrons. The quantitative estimate of drug-likeness (QED) is 0.656. The van der Waals surface area contributed by atoms with Crippen LogP contribution in [0.15, 0.2) is 27.8 Å². The SMILES string of the molecule is CN=C(NCCc1nc(C)no1)N(C)Cc1cccn1C. The molecule has 21 heavy (non-hydrogen) atoms. The molecule has 0 aromatic carbocycles. The predicted octanol–water partition coefficient (Wildman–Crippen LogP) is 0.966. The van der Waals surface area contributed by atoms with E-state index in [4.69, 9.17) is 4.52 Å². The summed E-state index contributed by atoms with van der Waals surface area (Å²) in [6, 6.07) is 4.14. The Balaban J connectivity index is 1.83. The van der Waals surface area contributed by atoms with Crippen LogP contribution in [0.25, 0.3) is 0 Å². The molecule has 0 bridgehead atoms. The summed E-state index contributed by atoms with van der Waals surface area (Å²) >= 11 is 0. The van der Waals surface area contributed by atoms with Crippen LogP contribution in [0, 0.1) is 6.92 Å². The minimum Gasteiger partial charge on any atom is -0.356 e. The van der Waals surface area contributed by atoms with Gasteiger partial charge in [-0.1, -0.05) is 5.16 Å². The molecule has 2 aromatic rings. The van der Waals surface area contributed by atoms with E-state index in [1.54, 1.807) is 7.05 Å². The molecule has 0 unspecified atom stereocenters. The zero-order valence-electron chi connectivity index (χ0n) is 13.0. The maximum absolute atomic E-state index is 5.08. The second-order valence-electron chi connectivity index (χ2n) is 4.93. The molecule has 0 atom stereocenters. The fourth-order valence-corrected chi connectivity index (χ4v) is 2.09. The first-order valence-corrected chi connectivity index (χ1v) is 6.91. The normalized spacial score (nSPS) is 11.7. The van der Waals surface area contributed by atoms with Gasteiger partial charge >= 0.3 is 0 Å². The number of nitrogens with zero attached hydrogens (tertiary/aromatic N) is 5. The number of hydrogen-bond donors (Lipinski definition) is 1. The summed E-state index contributed by atoms with van der Waals surface area (Å²) in [6.45, 7) is 3.31. The first kappa shape index (κ1) is 15.1. The number of nitrogens with one attached hydrogen (secondary N) is 1. The molecular weight excluding hydrogens is 268 g/mol. The second-order valence-corrected chi connectivity index (χ2v) is 4.93. The highest BCUT2D eigenvalue weighted by Gasteiger charge is 2.09. The van der Waals surface area contributed by atoms with E-state index in [1.165, 1.54) is 5.69 Å². The second kappa shape index (κ2) is 6.92. The molecule has 1 N–H and O–H groups in total. The first-order valence-electron chi connectivity index (χ1n) is 6.91. The number of aliphatic imine (C=N–C) groups is 1. The molecule has 0 fully saturated rings. The first-order chi connectivity index (χ1) is 10.1. The molecule has 0 aliphatic heterocycles. The number of aromatic nitrogens is 3. The van der Waals surface area contributed by atoms with E-state index in [9.17, 15) is 0 Å². The van der Waals surface area contributed by atoms with Crippen molar-refractivity contribution < 1.29 is 4.52 Å². The van der Waals surface area contributed by atoms with Gasteiger partial charge in [0.1, 0.15) is 0 Å². The molecule has 2 aromatic heterocycles. The third kappa shape index (κ3) is 4.08. The zero-order chi connectivity index (χ0) is 15.2. The zero-order valence-corrected chi connectivity index (χ0v) is 13.0. The Hall–Kier alpha value is -2.31. The van der Waals surface area contributed by atoms with Crippen molar-refractivity contribution in [3.05, 3.63) is 35.7 Å². The molecule has 0 amide bonds. The standard InChI is InChI=1S/C14H22N6O/c1-11-17-13(21-18-11)7-8-16-14(15-2)20(4)10-12-6-5-9-19(12)3/h5-6,9H,7-8,10H2,1-4H3,(H,15,16). The molecule has 0 spiro atoms. The lowest BCUT2D eigenvalue weighted by atomic mass is 10.4. The minimum atomic E-state index is 0.639. The highest BCUT2D eigenvalue weighted by molar-refractivity contribution is 5.79. The summed E-state index contributed by atoms with van der Waals surface area (Å²) < 4.78 is 7.19. The maximum Gasteiger partial charge on any atom is 0.228 e. The van der Waals surface area contributed by atoms with E-state index in [1.807, 2.05) is 33.3 Å². The number of aryl methyl sites for hydroxylation is 2. The fraction of sp³-hybridized carbons (Fsp3) is 0.500. The Morgan fingerprint density at radius 1 is 1.52 bits per heavy atom. The van der Waals surface area contributed by atoms with Gasteiger partial charge in [-0.05, 0) is 19.1 Å². The number of hydrogen-bond acceptors (Lipinski definition) is 4. The van der Waals surface area contributed by atoms with Crippen LogP contribution in [0.1, 0.15) is 17.4 Å². The van der Waals surface area contributed by atoms with Crippen LogP contribution in [0.2, 0.25) is 0 Å². The van der Waals surface area contributed by atoms with E-state index in [0.29, 0.717) is 24.7 Å². The molecular formula is C14H22N6O. The van der Waals surface area contributed by atoms with Gasteiger partial charge in [0.25, 0.3) is 0 Å². The van der Waals surface area contributed by atoms with Crippen LogP contribution in [0.5, 0.6) is 0 Å². The van der Waals surface area contributed by atoms with Crippen molar-refractivity contribution in [2.24, 2.45) is 12.0 Å². The van der Waals surface area contributed by atoms with Crippen LogP contribution in [-0.2, 0) is 20.0 Å². The van der Waals surface area contributed by atoms with Crippen LogP contribution < -0.4 is 5.32 Å². The summed E-state index contributed by atoms with van der Waals surface area (Å²) in [5.74, 6) is 2.14. The average molecular weight is 290 g/mol. The van der Waals surface area contributed by atoms with Gasteiger partial charge in [0.2, 0.25) is 5.89 Å². The summed E-state index contributed by atoms with van der Waals surface area (Å²) in [5, 5.41) is 7.07. The van der Waals surface area contributed by atoms with Crippen LogP contribution in [0.4, 0.5) is 0 Å². The molecule has 7 heteroatoms. The smallest absolute Gasteiger partial charge is 0.228 e. The molecule has 0 saturated heterocycles. The van der Waals surface area contributed by atoms with Crippen molar-refractivity contribution >= 4 is 5.96 Å². The lowest BCUT2D eigenvalue weighted by molar-refractivity contribution is 0.373. The topological polar surface area (TPSA) is 71.5 Å². The van der Waals surface area contributed by atoms with Gasteiger partial charge in [-0.3, -0.25) is 4.99 Å². The van der Waals surface area contributed by atoms with Gasteiger partial charge < -0.3 is 19.3 Å². The fourth-order valence-electron chi connectivity index (χ4n) is 2.09. The lowest BCUT2D eigenvalue weighted by Crippen LogP contribution is -2.39. The molecule has 0 aliphatic rings. The van der Waals surface area contributed by atoms with Gasteiger partial charge in [-0.15, -0.1) is 0 Å². The van der Waals surface area contributed by atoms with Crippen molar-refractivity contribution in [3.63, 3.8) is 0 Å². The van der Waals surface area contributed by atoms with Crippen LogP contribution in [-0.4, -0.2) is 46.2 Å². The van der Waals surface area contributed by atoms with Crippen molar-refractivity contribution in [1.29, 1.82) is 0 Å². The molecule has 0 aliphatic carbocycles. The minimum absolute atomic E-state index is 0.639. The van der Waals surface area contributed by atoms with Crippen molar-refractivity contribution in [3.8, 4) is 0 Å². The van der Waals surface area contributed by atoms with E-state index in [0.717, 1.165) is 12.5 Å². The Morgan fingerprint density at radius 3 is 2.90 bits per heavy atom. The lowest BCUT2D eigenvalue weighted by Gasteiger charge is -2.22. The molecule has 7 nitrogen and oxygen atoms in total. The highest BCUT2D eigenvalue weighted by atomic mass is 16.5. The van der Waals surface area contributed by atoms with Gasteiger partial charge in [0.15, 0.2) is 11.8 Å². The highest BCUT2D eigenvalue weighted by Crippen LogP contribution is 2.03. The summed E-state index contributed by atoms with van der Waals surface area (Å²) in [5.41, 5.74) is 1.23. The van der Waals surface area contributed by atoms with Gasteiger partial charge in [0, 0.05) is 46.0 Å². The van der Waals surface area contributed by atoms with Crippen LogP contribution in [0.3, 0.4) is 0 Å². The van der Waals surface area contributed by atoms with Crippen molar-refractivity contribution in [1.82, 2.24) is 24.9 Å². The largest absolute Gasteiger partial charge is 0.356 e. The Morgan fingerprint density at radius 2 is 2.33 bits per heavy atom. The monoisotopic (exact) mass is 290 g/mol. The Kier molecular flexibility index (Phi) is 4.97. The Labute approximate surface area is 124 Å². The third-order valence-electron chi connectivity index (χ3n) is 3.22. The molecule has 0 saturated carbocycles. The third-order valence-corrected chi connectivity index (χ3v) is 3.22. The molecule has 2 heterocycles. The number of rotatable bonds is 5. The maximum atomic E-state index is 5.08. The number of guanidine groups is 1. The van der Waals surface area contributed by atoms with Gasteiger partial charge in [0.05, 0.1) is 6.54 Å². The Bertz CT molecular complexity index is 600. The summed E-state index contributed by atoms with van der Waals surface area (Å²) in [6.07, 6.45) is 2.72. The van der Waals surface area contributed by atoms with Crippen molar-refractivity contribution in [2.75, 3.05) is 20.6 Å². The average Bonchev–Trinajstić information content (AvgIpc) is 3.04. The molecule has 2 rings (SSSR count).